The Labute approximate surface area is 136 Å². The van der Waals surface area contributed by atoms with Crippen LogP contribution in [0.15, 0.2) is 35.1 Å². The van der Waals surface area contributed by atoms with E-state index in [1.165, 1.54) is 6.07 Å². The second kappa shape index (κ2) is 7.72. The summed E-state index contributed by atoms with van der Waals surface area (Å²) in [6.07, 6.45) is 2.37. The molecule has 1 N–H and O–H groups in total. The van der Waals surface area contributed by atoms with E-state index in [1.807, 2.05) is 25.1 Å². The molecule has 2 rings (SSSR count). The van der Waals surface area contributed by atoms with Crippen LogP contribution in [0.4, 0.5) is 0 Å². The van der Waals surface area contributed by atoms with Gasteiger partial charge in [0.1, 0.15) is 5.75 Å². The molecule has 0 aliphatic carbocycles. The van der Waals surface area contributed by atoms with Gasteiger partial charge >= 0.3 is 0 Å². The lowest BCUT2D eigenvalue weighted by atomic mass is 10.1. The predicted octanol–water partition coefficient (Wildman–Crippen LogP) is 2.77. The molecule has 0 bridgehead atoms. The van der Waals surface area contributed by atoms with Crippen LogP contribution in [0.2, 0.25) is 0 Å². The molecular weight excluding hydrogens is 294 g/mol. The standard InChI is InChI=1S/C18H23NO4/c1-4-5-14-11-15(20)12-18(21)19(14)9-8-13-6-7-16(22-2)17(10-13)23-3/h6-7,10-12,20H,4-5,8-9H2,1-3H3. The van der Waals surface area contributed by atoms with Gasteiger partial charge in [0.25, 0.3) is 5.56 Å². The number of aromatic hydroxyl groups is 1. The molecule has 0 unspecified atom stereocenters. The largest absolute Gasteiger partial charge is 0.508 e. The summed E-state index contributed by atoms with van der Waals surface area (Å²) < 4.78 is 12.3. The molecule has 5 nitrogen and oxygen atoms in total. The average molecular weight is 317 g/mol. The van der Waals surface area contributed by atoms with Crippen molar-refractivity contribution in [3.63, 3.8) is 0 Å². The lowest BCUT2D eigenvalue weighted by Gasteiger charge is -2.14. The van der Waals surface area contributed by atoms with Crippen molar-refractivity contribution in [2.75, 3.05) is 14.2 Å². The summed E-state index contributed by atoms with van der Waals surface area (Å²) >= 11 is 0. The Morgan fingerprint density at radius 2 is 1.78 bits per heavy atom. The number of aryl methyl sites for hydroxylation is 2. The van der Waals surface area contributed by atoms with Gasteiger partial charge in [-0.05, 0) is 36.6 Å². The molecule has 0 aliphatic rings. The van der Waals surface area contributed by atoms with Crippen LogP contribution in [0, 0.1) is 0 Å². The fraction of sp³-hybridized carbons (Fsp3) is 0.389. The maximum Gasteiger partial charge on any atom is 0.254 e. The first-order valence-electron chi connectivity index (χ1n) is 7.72. The molecule has 5 heteroatoms. The zero-order chi connectivity index (χ0) is 16.8. The Balaban J connectivity index is 2.22. The molecule has 1 heterocycles. The average Bonchev–Trinajstić information content (AvgIpc) is 2.54. The van der Waals surface area contributed by atoms with Gasteiger partial charge in [0, 0.05) is 18.3 Å². The van der Waals surface area contributed by atoms with Gasteiger partial charge in [0.2, 0.25) is 0 Å². The van der Waals surface area contributed by atoms with E-state index < -0.39 is 0 Å². The summed E-state index contributed by atoms with van der Waals surface area (Å²) in [4.78, 5) is 12.1. The lowest BCUT2D eigenvalue weighted by Crippen LogP contribution is -2.23. The summed E-state index contributed by atoms with van der Waals surface area (Å²) in [7, 11) is 3.20. The van der Waals surface area contributed by atoms with Gasteiger partial charge < -0.3 is 19.1 Å². The number of rotatable bonds is 7. The number of aromatic nitrogens is 1. The van der Waals surface area contributed by atoms with Gasteiger partial charge in [-0.25, -0.2) is 0 Å². The van der Waals surface area contributed by atoms with E-state index >= 15 is 0 Å². The zero-order valence-electron chi connectivity index (χ0n) is 13.8. The van der Waals surface area contributed by atoms with Gasteiger partial charge in [-0.3, -0.25) is 4.79 Å². The second-order valence-electron chi connectivity index (χ2n) is 5.38. The van der Waals surface area contributed by atoms with Crippen LogP contribution in [0.5, 0.6) is 17.2 Å². The van der Waals surface area contributed by atoms with Crippen LogP contribution in [-0.2, 0) is 19.4 Å². The van der Waals surface area contributed by atoms with E-state index in [1.54, 1.807) is 24.9 Å². The van der Waals surface area contributed by atoms with Crippen LogP contribution in [0.1, 0.15) is 24.6 Å². The number of hydrogen-bond donors (Lipinski definition) is 1. The van der Waals surface area contributed by atoms with Crippen LogP contribution in [-0.4, -0.2) is 23.9 Å². The summed E-state index contributed by atoms with van der Waals surface area (Å²) in [5.74, 6) is 1.39. The van der Waals surface area contributed by atoms with Crippen molar-refractivity contribution in [2.45, 2.75) is 32.7 Å². The van der Waals surface area contributed by atoms with E-state index in [0.717, 1.165) is 24.1 Å². The van der Waals surface area contributed by atoms with Crippen molar-refractivity contribution in [3.05, 3.63) is 51.9 Å². The highest BCUT2D eigenvalue weighted by atomic mass is 16.5. The molecule has 0 radical (unpaired) electrons. The first-order valence-corrected chi connectivity index (χ1v) is 7.72. The van der Waals surface area contributed by atoms with E-state index in [9.17, 15) is 9.90 Å². The molecule has 2 aromatic rings. The fourth-order valence-corrected chi connectivity index (χ4v) is 2.63. The number of ether oxygens (including phenoxy) is 2. The summed E-state index contributed by atoms with van der Waals surface area (Å²) in [6.45, 7) is 2.61. The Morgan fingerprint density at radius 1 is 1.04 bits per heavy atom. The molecule has 0 saturated heterocycles. The quantitative estimate of drug-likeness (QED) is 0.853. The Morgan fingerprint density at radius 3 is 2.43 bits per heavy atom. The molecule has 1 aromatic carbocycles. The minimum atomic E-state index is -0.172. The fourth-order valence-electron chi connectivity index (χ4n) is 2.63. The Hall–Kier alpha value is -2.43. The minimum absolute atomic E-state index is 0.0285. The monoisotopic (exact) mass is 317 g/mol. The van der Waals surface area contributed by atoms with Crippen molar-refractivity contribution >= 4 is 0 Å². The molecule has 23 heavy (non-hydrogen) atoms. The van der Waals surface area contributed by atoms with E-state index in [2.05, 4.69) is 0 Å². The van der Waals surface area contributed by atoms with Gasteiger partial charge in [0.15, 0.2) is 11.5 Å². The minimum Gasteiger partial charge on any atom is -0.508 e. The maximum atomic E-state index is 12.1. The molecule has 0 aliphatic heterocycles. The normalized spacial score (nSPS) is 10.6. The Kier molecular flexibility index (Phi) is 5.68. The van der Waals surface area contributed by atoms with Crippen molar-refractivity contribution < 1.29 is 14.6 Å². The highest BCUT2D eigenvalue weighted by Gasteiger charge is 2.08. The SMILES string of the molecule is CCCc1cc(O)cc(=O)n1CCc1ccc(OC)c(OC)c1. The van der Waals surface area contributed by atoms with E-state index in [0.29, 0.717) is 24.5 Å². The third kappa shape index (κ3) is 4.06. The topological polar surface area (TPSA) is 60.7 Å². The van der Waals surface area contributed by atoms with Crippen molar-refractivity contribution in [2.24, 2.45) is 0 Å². The molecule has 0 saturated carbocycles. The number of benzene rings is 1. The van der Waals surface area contributed by atoms with Gasteiger partial charge in [-0.1, -0.05) is 19.4 Å². The number of methoxy groups -OCH3 is 2. The van der Waals surface area contributed by atoms with Crippen LogP contribution >= 0.6 is 0 Å². The second-order valence-corrected chi connectivity index (χ2v) is 5.38. The highest BCUT2D eigenvalue weighted by Crippen LogP contribution is 2.27. The van der Waals surface area contributed by atoms with E-state index in [-0.39, 0.29) is 11.3 Å². The zero-order valence-corrected chi connectivity index (χ0v) is 13.8. The van der Waals surface area contributed by atoms with Crippen molar-refractivity contribution in [1.82, 2.24) is 4.57 Å². The van der Waals surface area contributed by atoms with Gasteiger partial charge in [-0.2, -0.15) is 0 Å². The van der Waals surface area contributed by atoms with E-state index in [4.69, 9.17) is 9.47 Å². The third-order valence-corrected chi connectivity index (χ3v) is 3.78. The molecule has 1 aromatic heterocycles. The number of hydrogen-bond acceptors (Lipinski definition) is 4. The predicted molar refractivity (Wildman–Crippen MR) is 89.6 cm³/mol. The van der Waals surface area contributed by atoms with Crippen LogP contribution in [0.3, 0.4) is 0 Å². The molecular formula is C18H23NO4. The maximum absolute atomic E-state index is 12.1. The number of nitrogens with zero attached hydrogens (tertiary/aromatic N) is 1. The van der Waals surface area contributed by atoms with Gasteiger partial charge in [-0.15, -0.1) is 0 Å². The molecule has 0 amide bonds. The van der Waals surface area contributed by atoms with Crippen LogP contribution in [0.25, 0.3) is 0 Å². The molecule has 124 valence electrons. The first kappa shape index (κ1) is 16.9. The summed E-state index contributed by atoms with van der Waals surface area (Å²) in [5.41, 5.74) is 1.75. The molecule has 0 spiro atoms. The van der Waals surface area contributed by atoms with Gasteiger partial charge in [0.05, 0.1) is 14.2 Å². The lowest BCUT2D eigenvalue weighted by molar-refractivity contribution is 0.354. The Bertz CT molecular complexity index is 721. The molecule has 0 fully saturated rings. The molecule has 0 atom stereocenters. The number of pyridine rings is 1. The third-order valence-electron chi connectivity index (χ3n) is 3.78. The smallest absolute Gasteiger partial charge is 0.254 e. The first-order chi connectivity index (χ1) is 11.1. The van der Waals surface area contributed by atoms with Crippen molar-refractivity contribution in [1.29, 1.82) is 0 Å². The van der Waals surface area contributed by atoms with Crippen molar-refractivity contribution in [3.8, 4) is 17.2 Å². The highest BCUT2D eigenvalue weighted by molar-refractivity contribution is 5.42. The van der Waals surface area contributed by atoms with Crippen LogP contribution < -0.4 is 15.0 Å². The summed E-state index contributed by atoms with van der Waals surface area (Å²) in [5, 5.41) is 9.61. The summed E-state index contributed by atoms with van der Waals surface area (Å²) in [6, 6.07) is 8.67.